The summed E-state index contributed by atoms with van der Waals surface area (Å²) >= 11 is 0. The van der Waals surface area contributed by atoms with E-state index in [2.05, 4.69) is 10.6 Å². The van der Waals surface area contributed by atoms with Crippen molar-refractivity contribution in [2.75, 3.05) is 20.1 Å². The predicted octanol–water partition coefficient (Wildman–Crippen LogP) is 0.369. The quantitative estimate of drug-likeness (QED) is 0.631. The number of fused-ring (bicyclic) bond motifs is 1. The molecule has 2 aliphatic rings. The van der Waals surface area contributed by atoms with Crippen LogP contribution < -0.4 is 10.6 Å². The molecule has 0 unspecified atom stereocenters. The summed E-state index contributed by atoms with van der Waals surface area (Å²) in [6, 6.07) is -2.65. The van der Waals surface area contributed by atoms with Crippen molar-refractivity contribution in [3.05, 3.63) is 0 Å². The number of alkyl carbamates (subject to hydrolysis) is 1. The molecule has 10 heteroatoms. The van der Waals surface area contributed by atoms with Gasteiger partial charge in [-0.05, 0) is 40.0 Å². The molecule has 2 saturated heterocycles. The Hall–Kier alpha value is -2.52. The smallest absolute Gasteiger partial charge is 0.408 e. The second-order valence-electron chi connectivity index (χ2n) is 7.82. The van der Waals surface area contributed by atoms with Crippen LogP contribution in [-0.4, -0.2) is 82.8 Å². The van der Waals surface area contributed by atoms with E-state index < -0.39 is 35.7 Å². The normalized spacial score (nSPS) is 25.9. The molecule has 27 heavy (non-hydrogen) atoms. The van der Waals surface area contributed by atoms with Crippen molar-refractivity contribution < 1.29 is 29.0 Å². The molecule has 3 N–H and O–H groups in total. The molecule has 0 aromatic carbocycles. The van der Waals surface area contributed by atoms with Crippen molar-refractivity contribution in [3.63, 3.8) is 0 Å². The van der Waals surface area contributed by atoms with Crippen LogP contribution >= 0.6 is 0 Å². The molecule has 0 aliphatic carbocycles. The third-order valence-electron chi connectivity index (χ3n) is 4.67. The summed E-state index contributed by atoms with van der Waals surface area (Å²) in [6.45, 7) is 5.38. The Morgan fingerprint density at radius 1 is 1.19 bits per heavy atom. The topological polar surface area (TPSA) is 128 Å². The first-order valence-electron chi connectivity index (χ1n) is 9.04. The number of nitrogens with one attached hydrogen (secondary N) is 2. The average molecular weight is 384 g/mol. The fourth-order valence-corrected chi connectivity index (χ4v) is 3.52. The molecule has 2 rings (SSSR count). The van der Waals surface area contributed by atoms with Gasteiger partial charge >= 0.3 is 18.1 Å². The van der Waals surface area contributed by atoms with Crippen LogP contribution in [0.3, 0.4) is 0 Å². The van der Waals surface area contributed by atoms with Gasteiger partial charge in [0.1, 0.15) is 17.7 Å². The minimum atomic E-state index is -1.08. The molecule has 2 fully saturated rings. The summed E-state index contributed by atoms with van der Waals surface area (Å²) in [5, 5.41) is 14.5. The molecule has 0 aromatic heterocycles. The maximum absolute atomic E-state index is 13.1. The highest BCUT2D eigenvalue weighted by molar-refractivity contribution is 5.91. The van der Waals surface area contributed by atoms with E-state index >= 15 is 0 Å². The summed E-state index contributed by atoms with van der Waals surface area (Å²) in [5.41, 5.74) is -0.755. The fraction of sp³-hybridized carbons (Fsp3) is 0.765. The van der Waals surface area contributed by atoms with Crippen molar-refractivity contribution >= 4 is 24.0 Å². The van der Waals surface area contributed by atoms with E-state index in [0.29, 0.717) is 25.8 Å². The Bertz CT molecular complexity index is 617. The highest BCUT2D eigenvalue weighted by Crippen LogP contribution is 2.29. The van der Waals surface area contributed by atoms with Gasteiger partial charge in [0.15, 0.2) is 0 Å². The molecule has 0 bridgehead atoms. The van der Waals surface area contributed by atoms with E-state index in [9.17, 15) is 24.3 Å². The molecule has 4 amide bonds. The van der Waals surface area contributed by atoms with Gasteiger partial charge in [0.25, 0.3) is 0 Å². The summed E-state index contributed by atoms with van der Waals surface area (Å²) in [7, 11) is 1.49. The molecular weight excluding hydrogens is 356 g/mol. The number of carboxylic acids is 1. The number of carbonyl (C=O) groups is 4. The van der Waals surface area contributed by atoms with Crippen LogP contribution in [-0.2, 0) is 14.3 Å². The van der Waals surface area contributed by atoms with E-state index in [4.69, 9.17) is 4.74 Å². The predicted molar refractivity (Wildman–Crippen MR) is 95.1 cm³/mol. The number of hydrogen-bond acceptors (Lipinski definition) is 5. The molecule has 0 saturated carbocycles. The zero-order chi connectivity index (χ0) is 20.4. The van der Waals surface area contributed by atoms with Gasteiger partial charge in [0.05, 0.1) is 6.54 Å². The van der Waals surface area contributed by atoms with Crippen molar-refractivity contribution in [1.82, 2.24) is 20.4 Å². The largest absolute Gasteiger partial charge is 0.480 e. The van der Waals surface area contributed by atoms with Crippen LogP contribution in [0.15, 0.2) is 0 Å². The number of carboxylic acid groups (broad SMARTS) is 1. The number of hydrogen-bond donors (Lipinski definition) is 3. The second-order valence-corrected chi connectivity index (χ2v) is 7.82. The number of nitrogens with zero attached hydrogens (tertiary/aromatic N) is 2. The Balaban J connectivity index is 2.26. The first kappa shape index (κ1) is 20.8. The van der Waals surface area contributed by atoms with Crippen LogP contribution in [0.25, 0.3) is 0 Å². The van der Waals surface area contributed by atoms with E-state index in [0.717, 1.165) is 0 Å². The number of urea groups is 1. The molecule has 0 aromatic rings. The van der Waals surface area contributed by atoms with Gasteiger partial charge in [-0.25, -0.2) is 14.4 Å². The van der Waals surface area contributed by atoms with Gasteiger partial charge < -0.3 is 30.3 Å². The van der Waals surface area contributed by atoms with E-state index in [-0.39, 0.29) is 18.6 Å². The third-order valence-corrected chi connectivity index (χ3v) is 4.67. The molecule has 2 heterocycles. The zero-order valence-electron chi connectivity index (χ0n) is 16.2. The van der Waals surface area contributed by atoms with Crippen LogP contribution in [0.5, 0.6) is 0 Å². The number of amides is 4. The van der Waals surface area contributed by atoms with Crippen LogP contribution in [0.2, 0.25) is 0 Å². The van der Waals surface area contributed by atoms with E-state index in [1.165, 1.54) is 16.8 Å². The zero-order valence-corrected chi connectivity index (χ0v) is 16.2. The lowest BCUT2D eigenvalue weighted by Crippen LogP contribution is -2.61. The van der Waals surface area contributed by atoms with E-state index in [1.54, 1.807) is 20.8 Å². The van der Waals surface area contributed by atoms with Crippen molar-refractivity contribution in [2.45, 2.75) is 63.8 Å². The molecule has 10 nitrogen and oxygen atoms in total. The van der Waals surface area contributed by atoms with Crippen LogP contribution in [0.1, 0.15) is 40.0 Å². The Morgan fingerprint density at radius 3 is 2.41 bits per heavy atom. The molecule has 152 valence electrons. The van der Waals surface area contributed by atoms with Gasteiger partial charge in [-0.1, -0.05) is 0 Å². The van der Waals surface area contributed by atoms with Crippen molar-refractivity contribution in [2.24, 2.45) is 0 Å². The highest BCUT2D eigenvalue weighted by Gasteiger charge is 2.45. The van der Waals surface area contributed by atoms with Crippen molar-refractivity contribution in [3.8, 4) is 0 Å². The summed E-state index contributed by atoms with van der Waals surface area (Å²) in [4.78, 5) is 51.7. The SMILES string of the molecule is CNC(=O)N1CC[C@H]2CC[C@@H](C(=O)O)N2C(=O)[C@@H](NC(=O)OC(C)(C)C)C1. The molecule has 0 radical (unpaired) electrons. The highest BCUT2D eigenvalue weighted by atomic mass is 16.6. The first-order valence-corrected chi connectivity index (χ1v) is 9.04. The van der Waals surface area contributed by atoms with Gasteiger partial charge in [-0.2, -0.15) is 0 Å². The molecule has 3 atom stereocenters. The third kappa shape index (κ3) is 5.01. The maximum atomic E-state index is 13.1. The number of rotatable bonds is 2. The van der Waals surface area contributed by atoms with Crippen molar-refractivity contribution in [1.29, 1.82) is 0 Å². The number of aliphatic carboxylic acids is 1. The minimum absolute atomic E-state index is 0.0622. The summed E-state index contributed by atoms with van der Waals surface area (Å²) in [5.74, 6) is -1.57. The summed E-state index contributed by atoms with van der Waals surface area (Å²) < 4.78 is 5.21. The van der Waals surface area contributed by atoms with Gasteiger partial charge in [-0.15, -0.1) is 0 Å². The first-order chi connectivity index (χ1) is 12.5. The Morgan fingerprint density at radius 2 is 1.85 bits per heavy atom. The van der Waals surface area contributed by atoms with E-state index in [1.807, 2.05) is 0 Å². The monoisotopic (exact) mass is 384 g/mol. The lowest BCUT2D eigenvalue weighted by Gasteiger charge is -2.38. The lowest BCUT2D eigenvalue weighted by molar-refractivity contribution is -0.151. The molecule has 2 aliphatic heterocycles. The Labute approximate surface area is 158 Å². The average Bonchev–Trinajstić information content (AvgIpc) is 2.96. The molecular formula is C17H28N4O6. The lowest BCUT2D eigenvalue weighted by atomic mass is 10.1. The standard InChI is InChI=1S/C17H28N4O6/c1-17(2,3)27-16(26)19-11-9-20(15(25)18-4)8-7-10-5-6-12(14(23)24)21(10)13(11)22/h10-12H,5-9H2,1-4H3,(H,18,25)(H,19,26)(H,23,24)/t10-,11+,12+/m1/s1. The molecule has 0 spiro atoms. The fourth-order valence-electron chi connectivity index (χ4n) is 3.52. The Kier molecular flexibility index (Phi) is 6.17. The maximum Gasteiger partial charge on any atom is 0.408 e. The van der Waals surface area contributed by atoms with Gasteiger partial charge in [-0.3, -0.25) is 4.79 Å². The van der Waals surface area contributed by atoms with Gasteiger partial charge in [0, 0.05) is 19.6 Å². The summed E-state index contributed by atoms with van der Waals surface area (Å²) in [6.07, 6.45) is 0.595. The van der Waals surface area contributed by atoms with Gasteiger partial charge in [0.2, 0.25) is 5.91 Å². The second kappa shape index (κ2) is 8.01. The van der Waals surface area contributed by atoms with Crippen LogP contribution in [0.4, 0.5) is 9.59 Å². The van der Waals surface area contributed by atoms with Crippen LogP contribution in [0, 0.1) is 0 Å². The number of ether oxygens (including phenoxy) is 1. The number of carbonyl (C=O) groups excluding carboxylic acids is 3. The minimum Gasteiger partial charge on any atom is -0.480 e.